The summed E-state index contributed by atoms with van der Waals surface area (Å²) in [6.45, 7) is 0. The van der Waals surface area contributed by atoms with Gasteiger partial charge in [0.2, 0.25) is 0 Å². The molecule has 0 saturated carbocycles. The maximum atomic E-state index is 2.45. The van der Waals surface area contributed by atoms with Crippen molar-refractivity contribution in [1.82, 2.24) is 0 Å². The van der Waals surface area contributed by atoms with Gasteiger partial charge in [-0.05, 0) is 144 Å². The summed E-state index contributed by atoms with van der Waals surface area (Å²) in [6.07, 6.45) is 4.89. The number of benzene rings is 11. The molecule has 0 aliphatic heterocycles. The van der Waals surface area contributed by atoms with Crippen molar-refractivity contribution in [3.63, 3.8) is 0 Å². The zero-order valence-corrected chi connectivity index (χ0v) is 33.9. The van der Waals surface area contributed by atoms with Crippen LogP contribution in [0.25, 0.3) is 111 Å². The fourth-order valence-corrected chi connectivity index (χ4v) is 10.8. The van der Waals surface area contributed by atoms with Crippen molar-refractivity contribution in [2.75, 3.05) is 0 Å². The molecule has 0 fully saturated rings. The molecule has 11 aromatic rings. The molecule has 0 spiro atoms. The van der Waals surface area contributed by atoms with Crippen molar-refractivity contribution in [3.8, 4) is 44.5 Å². The van der Waals surface area contributed by atoms with Crippen LogP contribution in [0.5, 0.6) is 0 Å². The molecule has 286 valence electrons. The van der Waals surface area contributed by atoms with Crippen molar-refractivity contribution >= 4 is 66.4 Å². The molecule has 0 unspecified atom stereocenters. The quantitative estimate of drug-likeness (QED) is 0.156. The van der Waals surface area contributed by atoms with Crippen LogP contribution in [0.15, 0.2) is 218 Å². The molecule has 0 saturated heterocycles. The van der Waals surface area contributed by atoms with Crippen molar-refractivity contribution in [3.05, 3.63) is 252 Å². The van der Waals surface area contributed by atoms with Gasteiger partial charge in [-0.2, -0.15) is 0 Å². The number of hydrogen-bond donors (Lipinski definition) is 0. The summed E-state index contributed by atoms with van der Waals surface area (Å²) in [6, 6.07) is 80.6. The minimum absolute atomic E-state index is 1.21. The van der Waals surface area contributed by atoms with Crippen LogP contribution in [0, 0.1) is 0 Å². The van der Waals surface area contributed by atoms with E-state index in [1.165, 1.54) is 132 Å². The van der Waals surface area contributed by atoms with Crippen LogP contribution >= 0.6 is 0 Å². The second-order valence-electron chi connectivity index (χ2n) is 16.6. The van der Waals surface area contributed by atoms with E-state index in [0.717, 1.165) is 0 Å². The molecule has 0 heteroatoms. The Hall–Kier alpha value is -8.06. The topological polar surface area (TPSA) is 0 Å². The highest BCUT2D eigenvalue weighted by atomic mass is 14.3. The van der Waals surface area contributed by atoms with Gasteiger partial charge in [0.1, 0.15) is 0 Å². The SMILES string of the molecule is C(=C1c2ccccc2-c2ccccc21)c1c2ccccc2c(-c2ccc(-c3c4ccccc4c(C=C4c5ccccc5-c5ccccc54)c4ccccc34)cc2)c2ccccc12. The Kier molecular flexibility index (Phi) is 7.71. The first-order valence-corrected chi connectivity index (χ1v) is 21.6. The number of fused-ring (bicyclic) bond motifs is 10. The largest absolute Gasteiger partial charge is 0.0616 e. The van der Waals surface area contributed by atoms with Crippen LogP contribution in [-0.2, 0) is 0 Å². The summed E-state index contributed by atoms with van der Waals surface area (Å²) in [7, 11) is 0. The van der Waals surface area contributed by atoms with Crippen LogP contribution in [-0.4, -0.2) is 0 Å². The van der Waals surface area contributed by atoms with Crippen LogP contribution in [0.1, 0.15) is 33.4 Å². The Morgan fingerprint density at radius 2 is 0.403 bits per heavy atom. The molecular weight excluding hydrogens is 745 g/mol. The maximum absolute atomic E-state index is 2.45. The summed E-state index contributed by atoms with van der Waals surface area (Å²) in [5.74, 6) is 0. The molecule has 0 heterocycles. The maximum Gasteiger partial charge on any atom is -0.00264 e. The molecule has 0 nitrogen and oxygen atoms in total. The lowest BCUT2D eigenvalue weighted by atomic mass is 9.85. The van der Waals surface area contributed by atoms with E-state index in [-0.39, 0.29) is 0 Å². The van der Waals surface area contributed by atoms with Gasteiger partial charge in [0.05, 0.1) is 0 Å². The van der Waals surface area contributed by atoms with Crippen molar-refractivity contribution in [2.45, 2.75) is 0 Å². The van der Waals surface area contributed by atoms with Crippen LogP contribution in [0.3, 0.4) is 0 Å². The molecule has 11 aromatic carbocycles. The molecule has 0 N–H and O–H groups in total. The van der Waals surface area contributed by atoms with E-state index in [2.05, 4.69) is 231 Å². The molecule has 62 heavy (non-hydrogen) atoms. The Morgan fingerprint density at radius 1 is 0.194 bits per heavy atom. The van der Waals surface area contributed by atoms with Gasteiger partial charge >= 0.3 is 0 Å². The van der Waals surface area contributed by atoms with Crippen molar-refractivity contribution in [1.29, 1.82) is 0 Å². The van der Waals surface area contributed by atoms with Gasteiger partial charge < -0.3 is 0 Å². The summed E-state index contributed by atoms with van der Waals surface area (Å²) in [5.41, 5.74) is 20.4. The van der Waals surface area contributed by atoms with E-state index in [4.69, 9.17) is 0 Å². The first kappa shape index (κ1) is 34.8. The molecular formula is C62H38. The minimum Gasteiger partial charge on any atom is -0.0616 e. The molecule has 2 aliphatic carbocycles. The van der Waals surface area contributed by atoms with Gasteiger partial charge in [0.25, 0.3) is 0 Å². The molecule has 0 aromatic heterocycles. The highest BCUT2D eigenvalue weighted by Gasteiger charge is 2.26. The third kappa shape index (κ3) is 5.14. The summed E-state index contributed by atoms with van der Waals surface area (Å²) in [5, 5.41) is 10.1. The minimum atomic E-state index is 1.21. The molecule has 0 atom stereocenters. The van der Waals surface area contributed by atoms with E-state index in [1.807, 2.05) is 0 Å². The van der Waals surface area contributed by atoms with Gasteiger partial charge in [-0.3, -0.25) is 0 Å². The van der Waals surface area contributed by atoms with Crippen LogP contribution in [0.2, 0.25) is 0 Å². The number of hydrogen-bond acceptors (Lipinski definition) is 0. The predicted molar refractivity (Wildman–Crippen MR) is 265 cm³/mol. The third-order valence-corrected chi connectivity index (χ3v) is 13.4. The van der Waals surface area contributed by atoms with Gasteiger partial charge in [-0.1, -0.05) is 218 Å². The lowest BCUT2D eigenvalue weighted by Gasteiger charge is -2.18. The van der Waals surface area contributed by atoms with Gasteiger partial charge in [-0.25, -0.2) is 0 Å². The van der Waals surface area contributed by atoms with Crippen molar-refractivity contribution in [2.24, 2.45) is 0 Å². The molecule has 0 bridgehead atoms. The van der Waals surface area contributed by atoms with Gasteiger partial charge in [-0.15, -0.1) is 0 Å². The summed E-state index contributed by atoms with van der Waals surface area (Å²) >= 11 is 0. The fraction of sp³-hybridized carbons (Fsp3) is 0. The van der Waals surface area contributed by atoms with Crippen LogP contribution in [0.4, 0.5) is 0 Å². The van der Waals surface area contributed by atoms with Crippen molar-refractivity contribution < 1.29 is 0 Å². The summed E-state index contributed by atoms with van der Waals surface area (Å²) in [4.78, 5) is 0. The highest BCUT2D eigenvalue weighted by molar-refractivity contribution is 6.22. The predicted octanol–water partition coefficient (Wildman–Crippen LogP) is 16.8. The standard InChI is InChI=1S/C62H38/c1-5-21-45-41(17-1)42-18-2-6-22-46(42)57(45)37-59-49-25-9-13-29-53(49)61(54-30-14-10-26-50(54)59)39-33-35-40(36-34-39)62-55-31-15-11-27-51(55)60(52-28-12-16-32-56(52)62)38-58-47-23-7-3-19-43(47)44-20-4-8-24-48(44)58/h1-38H. The second-order valence-corrected chi connectivity index (χ2v) is 16.6. The zero-order valence-electron chi connectivity index (χ0n) is 33.9. The van der Waals surface area contributed by atoms with E-state index in [9.17, 15) is 0 Å². The van der Waals surface area contributed by atoms with Crippen LogP contribution < -0.4 is 0 Å². The molecule has 0 radical (unpaired) electrons. The summed E-state index contributed by atoms with van der Waals surface area (Å²) < 4.78 is 0. The Morgan fingerprint density at radius 3 is 0.661 bits per heavy atom. The Labute approximate surface area is 361 Å². The lowest BCUT2D eigenvalue weighted by molar-refractivity contribution is 1.64. The number of rotatable bonds is 4. The van der Waals surface area contributed by atoms with E-state index in [0.29, 0.717) is 0 Å². The smallest absolute Gasteiger partial charge is 0.00264 e. The van der Waals surface area contributed by atoms with E-state index < -0.39 is 0 Å². The Balaban J connectivity index is 0.988. The third-order valence-electron chi connectivity index (χ3n) is 13.4. The second kappa shape index (κ2) is 13.7. The van der Waals surface area contributed by atoms with E-state index in [1.54, 1.807) is 0 Å². The van der Waals surface area contributed by atoms with E-state index >= 15 is 0 Å². The monoisotopic (exact) mass is 782 g/mol. The fourth-order valence-electron chi connectivity index (χ4n) is 10.8. The Bertz CT molecular complexity index is 3270. The first-order chi connectivity index (χ1) is 30.8. The highest BCUT2D eigenvalue weighted by Crippen LogP contribution is 2.49. The first-order valence-electron chi connectivity index (χ1n) is 21.6. The van der Waals surface area contributed by atoms with Gasteiger partial charge in [0, 0.05) is 0 Å². The molecule has 2 aliphatic rings. The van der Waals surface area contributed by atoms with Gasteiger partial charge in [0.15, 0.2) is 0 Å². The molecule has 13 rings (SSSR count). The lowest BCUT2D eigenvalue weighted by Crippen LogP contribution is -1.92. The average Bonchev–Trinajstić information content (AvgIpc) is 3.83. The normalized spacial score (nSPS) is 12.5. The molecule has 0 amide bonds. The average molecular weight is 783 g/mol. The zero-order chi connectivity index (χ0) is 40.7.